The van der Waals surface area contributed by atoms with Gasteiger partial charge in [0.05, 0.1) is 0 Å². The second kappa shape index (κ2) is 8.65. The van der Waals surface area contributed by atoms with Crippen LogP contribution in [0.2, 0.25) is 39.3 Å². The van der Waals surface area contributed by atoms with Gasteiger partial charge in [0.2, 0.25) is 0 Å². The minimum absolute atomic E-state index is 0. The fourth-order valence-corrected chi connectivity index (χ4v) is 6.04. The fraction of sp³-hybridized carbons (Fsp3) is 1.00. The van der Waals surface area contributed by atoms with Crippen molar-refractivity contribution < 1.29 is 0 Å². The molecule has 0 aliphatic carbocycles. The number of rotatable bonds is 2. The van der Waals surface area contributed by atoms with E-state index in [1.54, 1.807) is 0 Å². The Morgan fingerprint density at radius 2 is 0.684 bits per heavy atom. The van der Waals surface area contributed by atoms with Crippen molar-refractivity contribution in [2.75, 3.05) is 0 Å². The summed E-state index contributed by atoms with van der Waals surface area (Å²) in [4.78, 5) is 9.36. The maximum Gasteiger partial charge on any atom is 2.00 e. The first-order chi connectivity index (χ1) is 7.41. The van der Waals surface area contributed by atoms with Crippen LogP contribution in [0.4, 0.5) is 0 Å². The molecule has 114 valence electrons. The Hall–Kier alpha value is 1.28. The number of hydrogen-bond donors (Lipinski definition) is 0. The molecule has 5 heteroatoms. The van der Waals surface area contributed by atoms with Crippen LogP contribution in [-0.2, 0) is 0 Å². The summed E-state index contributed by atoms with van der Waals surface area (Å²) >= 11 is 0. The molecule has 0 unspecified atom stereocenters. The van der Waals surface area contributed by atoms with Crippen LogP contribution in [0.15, 0.2) is 0 Å². The molecule has 0 spiro atoms. The summed E-state index contributed by atoms with van der Waals surface area (Å²) in [6.07, 6.45) is 0. The molecule has 0 aliphatic rings. The molecule has 0 heterocycles. The van der Waals surface area contributed by atoms with Crippen molar-refractivity contribution in [3.05, 3.63) is 9.96 Å². The summed E-state index contributed by atoms with van der Waals surface area (Å²) < 4.78 is 0. The van der Waals surface area contributed by atoms with E-state index in [0.717, 1.165) is 0 Å². The van der Waals surface area contributed by atoms with Gasteiger partial charge in [0.25, 0.3) is 0 Å². The van der Waals surface area contributed by atoms with Crippen LogP contribution >= 0.6 is 0 Å². The van der Waals surface area contributed by atoms with Crippen LogP contribution in [0.25, 0.3) is 9.96 Å². The van der Waals surface area contributed by atoms with Gasteiger partial charge in [-0.2, -0.15) is 0 Å². The average Bonchev–Trinajstić information content (AvgIpc) is 1.64. The molecule has 0 aliphatic heterocycles. The van der Waals surface area contributed by atoms with Crippen LogP contribution in [-0.4, -0.2) is 54.8 Å². The summed E-state index contributed by atoms with van der Waals surface area (Å²) in [6, 6.07) is 0. The first kappa shape index (κ1) is 25.2. The smallest absolute Gasteiger partial charge is 0.660 e. The molecular formula is C14H36N2PbSi2. The minimum Gasteiger partial charge on any atom is -0.660 e. The molecule has 19 heavy (non-hydrogen) atoms. The largest absolute Gasteiger partial charge is 2.00 e. The van der Waals surface area contributed by atoms with Crippen molar-refractivity contribution >= 4 is 43.8 Å². The van der Waals surface area contributed by atoms with Gasteiger partial charge in [-0.1, -0.05) is 97.3 Å². The molecule has 0 N–H and O–H groups in total. The standard InChI is InChI=1S/2C7H18NSi.Pb/c2*1-7(2,3)8-9(4,5)6;/h2*1-6H3;/q2*-1;+2. The van der Waals surface area contributed by atoms with Gasteiger partial charge < -0.3 is 9.96 Å². The Labute approximate surface area is 145 Å². The second-order valence-electron chi connectivity index (χ2n) is 8.91. The molecule has 0 fully saturated rings. The van der Waals surface area contributed by atoms with Crippen molar-refractivity contribution in [3.63, 3.8) is 0 Å². The Balaban J connectivity index is -0.000000256. The van der Waals surface area contributed by atoms with Gasteiger partial charge in [-0.25, -0.2) is 0 Å². The van der Waals surface area contributed by atoms with E-state index in [1.807, 2.05) is 0 Å². The molecule has 0 atom stereocenters. The van der Waals surface area contributed by atoms with Gasteiger partial charge in [0, 0.05) is 0 Å². The predicted molar refractivity (Wildman–Crippen MR) is 98.7 cm³/mol. The van der Waals surface area contributed by atoms with Crippen LogP contribution in [0.1, 0.15) is 41.5 Å². The van der Waals surface area contributed by atoms with E-state index in [1.165, 1.54) is 0 Å². The van der Waals surface area contributed by atoms with Crippen molar-refractivity contribution in [2.24, 2.45) is 0 Å². The van der Waals surface area contributed by atoms with Gasteiger partial charge >= 0.3 is 27.3 Å². The van der Waals surface area contributed by atoms with Gasteiger partial charge in [-0.05, 0) is 0 Å². The first-order valence-electron chi connectivity index (χ1n) is 6.89. The van der Waals surface area contributed by atoms with Gasteiger partial charge in [0.1, 0.15) is 0 Å². The third kappa shape index (κ3) is 32.6. The van der Waals surface area contributed by atoms with Crippen LogP contribution in [0, 0.1) is 0 Å². The molecule has 0 aromatic heterocycles. The quantitative estimate of drug-likeness (QED) is 0.446. The summed E-state index contributed by atoms with van der Waals surface area (Å²) in [5.74, 6) is 0. The summed E-state index contributed by atoms with van der Waals surface area (Å²) in [6.45, 7) is 26.5. The van der Waals surface area contributed by atoms with Gasteiger partial charge in [-0.15, -0.1) is 11.1 Å². The number of hydrogen-bond acceptors (Lipinski definition) is 0. The summed E-state index contributed by atoms with van der Waals surface area (Å²) in [5.41, 5.74) is 0.342. The topological polar surface area (TPSA) is 28.2 Å². The Bertz CT molecular complexity index is 180. The Morgan fingerprint density at radius 3 is 0.684 bits per heavy atom. The zero-order chi connectivity index (χ0) is 15.4. The predicted octanol–water partition coefficient (Wildman–Crippen LogP) is 5.61. The molecule has 0 rings (SSSR count). The normalized spacial score (nSPS) is 13.3. The molecule has 2 nitrogen and oxygen atoms in total. The van der Waals surface area contributed by atoms with Gasteiger partial charge in [0.15, 0.2) is 0 Å². The molecule has 2 radical (unpaired) electrons. The van der Waals surface area contributed by atoms with Crippen LogP contribution in [0.3, 0.4) is 0 Å². The van der Waals surface area contributed by atoms with E-state index in [2.05, 4.69) is 90.8 Å². The third-order valence-corrected chi connectivity index (χ3v) is 4.02. The van der Waals surface area contributed by atoms with Crippen molar-refractivity contribution in [3.8, 4) is 0 Å². The molecule has 0 aromatic carbocycles. The van der Waals surface area contributed by atoms with Crippen molar-refractivity contribution in [2.45, 2.75) is 91.9 Å². The van der Waals surface area contributed by atoms with Crippen molar-refractivity contribution in [1.29, 1.82) is 0 Å². The van der Waals surface area contributed by atoms with E-state index in [9.17, 15) is 0 Å². The summed E-state index contributed by atoms with van der Waals surface area (Å²) in [5, 5.41) is 0. The van der Waals surface area contributed by atoms with E-state index >= 15 is 0 Å². The van der Waals surface area contributed by atoms with E-state index in [4.69, 9.17) is 0 Å². The third-order valence-electron chi connectivity index (χ3n) is 1.34. The summed E-state index contributed by atoms with van der Waals surface area (Å²) in [7, 11) is -2.34. The SMILES string of the molecule is CC(C)(C)[N-][Si](C)(C)C.CC(C)(C)[N-][Si](C)(C)C.[Pb+2]. The second-order valence-corrected chi connectivity index (χ2v) is 18.0. The maximum absolute atomic E-state index is 4.68. The molecule has 0 amide bonds. The molecule has 0 saturated carbocycles. The molecule has 0 aromatic rings. The fourth-order valence-electron chi connectivity index (χ4n) is 2.01. The molecule has 0 bridgehead atoms. The minimum atomic E-state index is -1.17. The zero-order valence-electron chi connectivity index (χ0n) is 15.4. The van der Waals surface area contributed by atoms with Crippen molar-refractivity contribution in [1.82, 2.24) is 0 Å². The monoisotopic (exact) mass is 496 g/mol. The van der Waals surface area contributed by atoms with E-state index in [0.29, 0.717) is 0 Å². The maximum atomic E-state index is 4.68. The van der Waals surface area contributed by atoms with Crippen LogP contribution in [0.5, 0.6) is 0 Å². The zero-order valence-corrected chi connectivity index (χ0v) is 21.3. The Morgan fingerprint density at radius 1 is 0.526 bits per heavy atom. The average molecular weight is 496 g/mol. The van der Waals surface area contributed by atoms with Crippen LogP contribution < -0.4 is 0 Å². The van der Waals surface area contributed by atoms with Gasteiger partial charge in [-0.3, -0.25) is 0 Å². The Kier molecular flexibility index (Phi) is 11.5. The van der Waals surface area contributed by atoms with E-state index < -0.39 is 16.5 Å². The van der Waals surface area contributed by atoms with E-state index in [-0.39, 0.29) is 38.4 Å². The number of nitrogens with zero attached hydrogens (tertiary/aromatic N) is 2. The molecular weight excluding hydrogens is 460 g/mol. The molecule has 0 saturated heterocycles. The first-order valence-corrected chi connectivity index (χ1v) is 13.8.